The van der Waals surface area contributed by atoms with Crippen molar-refractivity contribution in [2.24, 2.45) is 0 Å². The van der Waals surface area contributed by atoms with Gasteiger partial charge < -0.3 is 0 Å². The quantitative estimate of drug-likeness (QED) is 0.613. The zero-order chi connectivity index (χ0) is 6.24. The summed E-state index contributed by atoms with van der Waals surface area (Å²) in [4.78, 5) is 9.14. The van der Waals surface area contributed by atoms with Crippen LogP contribution in [-0.2, 0) is 9.78 Å². The van der Waals surface area contributed by atoms with Crippen LogP contribution in [0.1, 0.15) is 12.8 Å². The summed E-state index contributed by atoms with van der Waals surface area (Å²) in [6.07, 6.45) is 2.31. The van der Waals surface area contributed by atoms with Gasteiger partial charge in [0.2, 0.25) is 0 Å². The first kappa shape index (κ1) is 8.88. The van der Waals surface area contributed by atoms with E-state index in [1.807, 2.05) is 0 Å². The van der Waals surface area contributed by atoms with E-state index < -0.39 is 0 Å². The first-order valence-electron chi connectivity index (χ1n) is 2.39. The van der Waals surface area contributed by atoms with Crippen molar-refractivity contribution in [1.82, 2.24) is 0 Å². The van der Waals surface area contributed by atoms with E-state index in [1.165, 1.54) is 0 Å². The Morgan fingerprint density at radius 1 is 0.875 bits per heavy atom. The molecule has 0 aliphatic carbocycles. The highest BCUT2D eigenvalue weighted by Crippen LogP contribution is 1.97. The van der Waals surface area contributed by atoms with Crippen LogP contribution in [0.15, 0.2) is 0 Å². The van der Waals surface area contributed by atoms with E-state index in [4.69, 9.17) is 0 Å². The third-order valence-corrected chi connectivity index (χ3v) is 0.789. The van der Waals surface area contributed by atoms with Crippen LogP contribution < -0.4 is 0 Å². The molecule has 0 amide bonds. The number of hydrogen-bond donors (Lipinski definition) is 0. The minimum absolute atomic E-state index is 0.778. The van der Waals surface area contributed by atoms with Crippen molar-refractivity contribution in [3.8, 4) is 0 Å². The first-order valence-corrected chi connectivity index (χ1v) is 6.10. The Bertz CT molecular complexity index is 27.5. The van der Waals surface area contributed by atoms with Gasteiger partial charge in [0.1, 0.15) is 0 Å². The van der Waals surface area contributed by atoms with E-state index in [9.17, 15) is 0 Å². The molecule has 1 aliphatic heterocycles. The Hall–Kier alpha value is 0.880. The number of halogens is 2. The molecule has 8 heavy (non-hydrogen) atoms. The summed E-state index contributed by atoms with van der Waals surface area (Å²) >= 11 is 5.50. The van der Waals surface area contributed by atoms with Crippen molar-refractivity contribution in [3.63, 3.8) is 0 Å². The molecule has 1 fully saturated rings. The van der Waals surface area contributed by atoms with Gasteiger partial charge in [-0.3, -0.25) is 0 Å². The van der Waals surface area contributed by atoms with Gasteiger partial charge in [-0.1, -0.05) is 0 Å². The van der Waals surface area contributed by atoms with Gasteiger partial charge in [-0.15, -0.1) is 0 Å². The lowest BCUT2D eigenvalue weighted by atomic mass is 10.3. The number of rotatable bonds is 0. The molecule has 50 valence electrons. The average Bonchev–Trinajstić information content (AvgIpc) is 1.96. The maximum absolute atomic E-state index is 4.57. The van der Waals surface area contributed by atoms with Crippen LogP contribution in [0.5, 0.6) is 0 Å². The van der Waals surface area contributed by atoms with E-state index in [-0.39, 0.29) is 0 Å². The van der Waals surface area contributed by atoms with Crippen LogP contribution in [0.25, 0.3) is 0 Å². The van der Waals surface area contributed by atoms with Crippen LogP contribution in [0, 0.1) is 0 Å². The molecule has 0 atom stereocenters. The van der Waals surface area contributed by atoms with E-state index in [0.29, 0.717) is 0 Å². The van der Waals surface area contributed by atoms with Crippen LogP contribution in [0.3, 0.4) is 0 Å². The first-order chi connectivity index (χ1) is 4.00. The van der Waals surface area contributed by atoms with Crippen molar-refractivity contribution in [3.05, 3.63) is 0 Å². The summed E-state index contributed by atoms with van der Waals surface area (Å²) in [7, 11) is 0. The highest BCUT2D eigenvalue weighted by Gasteiger charge is 1.95. The highest BCUT2D eigenvalue weighted by atomic mass is 80.9. The van der Waals surface area contributed by atoms with Crippen LogP contribution in [0.4, 0.5) is 0 Å². The lowest BCUT2D eigenvalue weighted by Crippen LogP contribution is -2.05. The van der Waals surface area contributed by atoms with Crippen molar-refractivity contribution >= 4 is 28.3 Å². The lowest BCUT2D eigenvalue weighted by molar-refractivity contribution is -0.312. The maximum atomic E-state index is 4.57. The summed E-state index contributed by atoms with van der Waals surface area (Å²) in [6, 6.07) is 0. The summed E-state index contributed by atoms with van der Waals surface area (Å²) in [6.45, 7) is 1.56. The van der Waals surface area contributed by atoms with Gasteiger partial charge in [-0.2, -0.15) is 0 Å². The van der Waals surface area contributed by atoms with Crippen molar-refractivity contribution in [2.45, 2.75) is 12.8 Å². The lowest BCUT2D eigenvalue weighted by Gasteiger charge is -2.07. The van der Waals surface area contributed by atoms with Gasteiger partial charge >= 0.3 is 0 Å². The average molecular weight is 248 g/mol. The fourth-order valence-electron chi connectivity index (χ4n) is 0.440. The van der Waals surface area contributed by atoms with E-state index in [2.05, 4.69) is 38.0 Å². The fraction of sp³-hybridized carbons (Fsp3) is 1.00. The summed E-state index contributed by atoms with van der Waals surface area (Å²) in [5.74, 6) is 0. The van der Waals surface area contributed by atoms with Gasteiger partial charge in [0.25, 0.3) is 0 Å². The molecule has 0 aromatic heterocycles. The van der Waals surface area contributed by atoms with Crippen LogP contribution in [-0.4, -0.2) is 13.2 Å². The predicted molar refractivity (Wildman–Crippen MR) is 39.0 cm³/mol. The summed E-state index contributed by atoms with van der Waals surface area (Å²) in [5, 5.41) is 0. The third-order valence-electron chi connectivity index (χ3n) is 0.789. The SMILES string of the molecule is BrBr.C1CCOOC1. The van der Waals surface area contributed by atoms with Crippen molar-refractivity contribution < 1.29 is 9.78 Å². The standard InChI is InChI=1S/C4H8O2.Br2/c1-2-4-6-5-3-1;1-2/h1-4H2;. The molecule has 1 heterocycles. The minimum atomic E-state index is 0.778. The summed E-state index contributed by atoms with van der Waals surface area (Å²) < 4.78 is 0. The van der Waals surface area contributed by atoms with Gasteiger partial charge in [-0.25, -0.2) is 9.78 Å². The smallest absolute Gasteiger partial charge is 0.0823 e. The van der Waals surface area contributed by atoms with Crippen LogP contribution >= 0.6 is 28.3 Å². The fourth-order valence-corrected chi connectivity index (χ4v) is 0.440. The molecule has 2 nitrogen and oxygen atoms in total. The predicted octanol–water partition coefficient (Wildman–Crippen LogP) is 2.42. The monoisotopic (exact) mass is 246 g/mol. The second-order valence-corrected chi connectivity index (χ2v) is 1.35. The highest BCUT2D eigenvalue weighted by molar-refractivity contribution is 9.93. The normalized spacial score (nSPS) is 18.8. The zero-order valence-corrected chi connectivity index (χ0v) is 7.57. The molecule has 0 unspecified atom stereocenters. The molecule has 0 saturated carbocycles. The van der Waals surface area contributed by atoms with Gasteiger partial charge in [0.05, 0.1) is 13.2 Å². The maximum Gasteiger partial charge on any atom is 0.0823 e. The largest absolute Gasteiger partial charge is 0.237 e. The second-order valence-electron chi connectivity index (χ2n) is 1.35. The van der Waals surface area contributed by atoms with Crippen LogP contribution in [0.2, 0.25) is 0 Å². The van der Waals surface area contributed by atoms with Crippen molar-refractivity contribution in [1.29, 1.82) is 0 Å². The Kier molecular flexibility index (Phi) is 8.75. The molecule has 4 heteroatoms. The molecule has 1 saturated heterocycles. The Morgan fingerprint density at radius 3 is 1.38 bits per heavy atom. The minimum Gasteiger partial charge on any atom is -0.237 e. The third kappa shape index (κ3) is 5.03. The molecule has 0 radical (unpaired) electrons. The Morgan fingerprint density at radius 2 is 1.25 bits per heavy atom. The molecule has 0 bridgehead atoms. The second kappa shape index (κ2) is 7.88. The zero-order valence-electron chi connectivity index (χ0n) is 4.40. The molecular weight excluding hydrogens is 240 g/mol. The Balaban J connectivity index is 0.000000222. The van der Waals surface area contributed by atoms with E-state index >= 15 is 0 Å². The molecule has 0 aromatic carbocycles. The number of hydrogen-bond acceptors (Lipinski definition) is 2. The van der Waals surface area contributed by atoms with Gasteiger partial charge in [-0.05, 0) is 12.8 Å². The molecule has 0 N–H and O–H groups in total. The van der Waals surface area contributed by atoms with Gasteiger partial charge in [0, 0.05) is 28.3 Å². The molecule has 0 aromatic rings. The summed E-state index contributed by atoms with van der Waals surface area (Å²) in [5.41, 5.74) is 0. The van der Waals surface area contributed by atoms with Crippen molar-refractivity contribution in [2.75, 3.05) is 13.2 Å². The molecule has 1 aliphatic rings. The van der Waals surface area contributed by atoms with E-state index in [1.54, 1.807) is 0 Å². The van der Waals surface area contributed by atoms with E-state index in [0.717, 1.165) is 26.1 Å². The van der Waals surface area contributed by atoms with Gasteiger partial charge in [0.15, 0.2) is 0 Å². The Labute approximate surface area is 64.3 Å². The topological polar surface area (TPSA) is 18.5 Å². The molecule has 1 rings (SSSR count). The molecular formula is C4H8Br2O2. The molecule has 0 spiro atoms.